The number of rotatable bonds is 6. The lowest BCUT2D eigenvalue weighted by molar-refractivity contribution is -0.145. The Labute approximate surface area is 480 Å². The van der Waals surface area contributed by atoms with Crippen molar-refractivity contribution in [3.8, 4) is 0 Å². The van der Waals surface area contributed by atoms with Crippen molar-refractivity contribution < 1.29 is 9.53 Å². The summed E-state index contributed by atoms with van der Waals surface area (Å²) in [4.78, 5) is 13.7. The third kappa shape index (κ3) is 7.49. The number of hydrogen-bond donors (Lipinski definition) is 0. The van der Waals surface area contributed by atoms with Crippen LogP contribution < -0.4 is 0 Å². The van der Waals surface area contributed by atoms with Gasteiger partial charge in [0, 0.05) is 27.0 Å². The van der Waals surface area contributed by atoms with E-state index in [0.29, 0.717) is 40.5 Å². The number of carbonyl (C=O) groups excluding carboxylic acids is 1. The fourth-order valence-electron chi connectivity index (χ4n) is 16.3. The van der Waals surface area contributed by atoms with Crippen LogP contribution in [0.4, 0.5) is 0 Å². The number of alkyl halides is 8. The van der Waals surface area contributed by atoms with E-state index in [9.17, 15) is 4.79 Å². The van der Waals surface area contributed by atoms with Gasteiger partial charge in [-0.1, -0.05) is 284 Å². The maximum absolute atomic E-state index is 13.7. The molecule has 0 radical (unpaired) electrons. The molecule has 10 heteroatoms. The summed E-state index contributed by atoms with van der Waals surface area (Å²) < 4.78 is 8.10. The predicted molar refractivity (Wildman–Crippen MR) is 326 cm³/mol. The van der Waals surface area contributed by atoms with Gasteiger partial charge in [-0.25, -0.2) is 0 Å². The molecular formula is C51H72I8O2. The molecule has 0 bridgehead atoms. The highest BCUT2D eigenvalue weighted by atomic mass is 127. The van der Waals surface area contributed by atoms with Gasteiger partial charge in [0.2, 0.25) is 0 Å². The molecule has 61 heavy (non-hydrogen) atoms. The molecule has 0 amide bonds. The Morgan fingerprint density at radius 3 is 1.74 bits per heavy atom. The Balaban J connectivity index is 1.24. The minimum atomic E-state index is -0.0109. The molecule has 7 aliphatic carbocycles. The van der Waals surface area contributed by atoms with E-state index in [1.165, 1.54) is 141 Å². The minimum Gasteiger partial charge on any atom is -0.461 e. The van der Waals surface area contributed by atoms with Gasteiger partial charge in [-0.2, -0.15) is 0 Å². The summed E-state index contributed by atoms with van der Waals surface area (Å²) >= 11 is 25.2. The van der Waals surface area contributed by atoms with E-state index in [1.54, 1.807) is 0 Å². The minimum absolute atomic E-state index is 0.0109. The van der Waals surface area contributed by atoms with Crippen molar-refractivity contribution in [2.24, 2.45) is 33.5 Å². The zero-order chi connectivity index (χ0) is 44.2. The normalized spacial score (nSPS) is 52.4. The van der Waals surface area contributed by atoms with Crippen LogP contribution in [0.1, 0.15) is 194 Å². The molecule has 7 fully saturated rings. The Kier molecular flexibility index (Phi) is 15.5. The van der Waals surface area contributed by atoms with Gasteiger partial charge in [0.1, 0.15) is 6.61 Å². The van der Waals surface area contributed by atoms with Crippen LogP contribution in [-0.2, 0) is 16.1 Å². The molecule has 0 aromatic heterocycles. The van der Waals surface area contributed by atoms with Crippen molar-refractivity contribution in [3.63, 3.8) is 0 Å². The van der Waals surface area contributed by atoms with E-state index in [-0.39, 0.29) is 39.3 Å². The number of hydrogen-bond acceptors (Lipinski definition) is 2. The molecule has 1 aromatic carbocycles. The molecule has 7 saturated carbocycles. The first-order valence-electron chi connectivity index (χ1n) is 24.2. The number of carbonyl (C=O) groups is 1. The predicted octanol–water partition coefficient (Wildman–Crippen LogP) is 18.9. The third-order valence-corrected chi connectivity index (χ3v) is 43.7. The second-order valence-corrected chi connectivity index (χ2v) is 38.1. The largest absolute Gasteiger partial charge is 0.461 e. The van der Waals surface area contributed by atoms with Gasteiger partial charge < -0.3 is 4.74 Å². The van der Waals surface area contributed by atoms with Gasteiger partial charge >= 0.3 is 5.97 Å². The van der Waals surface area contributed by atoms with Crippen LogP contribution in [-0.4, -0.2) is 33.3 Å². The number of benzene rings is 1. The summed E-state index contributed by atoms with van der Waals surface area (Å²) in [5, 5.41) is 0. The summed E-state index contributed by atoms with van der Waals surface area (Å²) in [6.45, 7) is 14.2. The van der Waals surface area contributed by atoms with Crippen molar-refractivity contribution in [2.75, 3.05) is 0 Å². The van der Waals surface area contributed by atoms with Crippen molar-refractivity contribution >= 4 is 187 Å². The molecule has 0 N–H and O–H groups in total. The molecule has 7 aliphatic rings. The summed E-state index contributed by atoms with van der Waals surface area (Å²) in [6, 6.07) is 10.3. The first kappa shape index (κ1) is 51.9. The standard InChI is InChI=1S/C51H72I8O2/c1-6-36-33-40(2)38(17-18-39(60)61-35-37-15-8-7-9-16-37)19-26-47(40,55)43(5)20-10-12-24-48(43,56)42(4)27-28-45(42,53)30-29-44(52)23-14-21-41(44,3)49(57)31-32-51(49,59)50(58)25-13-11-22-46(50,54)34-36/h7-9,15-16,36,38H,6,10-14,17-35H2,1-5H3. The molecule has 14 atom stereocenters. The summed E-state index contributed by atoms with van der Waals surface area (Å²) in [6.07, 6.45) is 31.3. The van der Waals surface area contributed by atoms with Crippen LogP contribution in [0.5, 0.6) is 0 Å². The van der Waals surface area contributed by atoms with Crippen LogP contribution in [0, 0.1) is 33.5 Å². The highest BCUT2D eigenvalue weighted by molar-refractivity contribution is 14.1. The Bertz CT molecular complexity index is 1820. The van der Waals surface area contributed by atoms with Gasteiger partial charge in [-0.15, -0.1) is 0 Å². The lowest BCUT2D eigenvalue weighted by Gasteiger charge is -2.73. The van der Waals surface area contributed by atoms with Crippen LogP contribution >= 0.6 is 181 Å². The Hall–Kier alpha value is 4.53. The van der Waals surface area contributed by atoms with E-state index in [2.05, 4.69) is 227 Å². The number of halogens is 8. The highest BCUT2D eigenvalue weighted by Gasteiger charge is 2.80. The zero-order valence-corrected chi connectivity index (χ0v) is 54.8. The van der Waals surface area contributed by atoms with Crippen molar-refractivity contribution in [3.05, 3.63) is 35.9 Å². The van der Waals surface area contributed by atoms with E-state index in [4.69, 9.17) is 4.74 Å². The van der Waals surface area contributed by atoms with Gasteiger partial charge in [-0.05, 0) is 148 Å². The fraction of sp³-hybridized carbons (Fsp3) is 0.863. The molecule has 0 spiro atoms. The molecule has 14 unspecified atom stereocenters. The fourth-order valence-corrected chi connectivity index (χ4v) is 32.2. The summed E-state index contributed by atoms with van der Waals surface area (Å²) in [5.74, 6) is 1.17. The molecule has 0 heterocycles. The highest BCUT2D eigenvalue weighted by Crippen LogP contribution is 2.82. The first-order chi connectivity index (χ1) is 28.5. The average Bonchev–Trinajstić information content (AvgIpc) is 3.69. The van der Waals surface area contributed by atoms with Crippen molar-refractivity contribution in [1.82, 2.24) is 0 Å². The maximum Gasteiger partial charge on any atom is 0.306 e. The first-order valence-corrected chi connectivity index (χ1v) is 32.8. The van der Waals surface area contributed by atoms with Crippen LogP contribution in [0.3, 0.4) is 0 Å². The van der Waals surface area contributed by atoms with Crippen molar-refractivity contribution in [2.45, 2.75) is 223 Å². The zero-order valence-electron chi connectivity index (χ0n) is 37.6. The van der Waals surface area contributed by atoms with Gasteiger partial charge in [-0.3, -0.25) is 4.79 Å². The van der Waals surface area contributed by atoms with Gasteiger partial charge in [0.25, 0.3) is 0 Å². The van der Waals surface area contributed by atoms with Crippen molar-refractivity contribution in [1.29, 1.82) is 0 Å². The summed E-state index contributed by atoms with van der Waals surface area (Å²) in [7, 11) is 0. The second-order valence-electron chi connectivity index (χ2n) is 22.7. The molecule has 0 saturated heterocycles. The van der Waals surface area contributed by atoms with Gasteiger partial charge in [0.05, 0.1) is 6.84 Å². The molecule has 2 nitrogen and oxygen atoms in total. The monoisotopic (exact) mass is 1730 g/mol. The van der Waals surface area contributed by atoms with E-state index in [1.807, 2.05) is 18.2 Å². The maximum atomic E-state index is 13.7. The number of esters is 1. The van der Waals surface area contributed by atoms with Gasteiger partial charge in [0.15, 0.2) is 0 Å². The Morgan fingerprint density at radius 2 is 1.11 bits per heavy atom. The van der Waals surface area contributed by atoms with E-state index >= 15 is 0 Å². The molecule has 1 aromatic rings. The lowest BCUT2D eigenvalue weighted by atomic mass is 9.41. The Morgan fingerprint density at radius 1 is 0.557 bits per heavy atom. The SMILES string of the molecule is CCC1CC2(I)CCCCC2(I)C2(I)CCC2(I)C2(C)CCCC2(I)CCC2(I)CCC2(C)C2(I)CCCCC2(C)C2(I)CCC(CCC(=O)OCc3ccccc3)C2(C)C1. The van der Waals surface area contributed by atoms with E-state index < -0.39 is 0 Å². The second kappa shape index (κ2) is 18.2. The average molecular weight is 1730 g/mol. The molecule has 8 rings (SSSR count). The number of fused-ring (bicyclic) bond motifs is 10. The summed E-state index contributed by atoms with van der Waals surface area (Å²) in [5.41, 5.74) is 2.00. The van der Waals surface area contributed by atoms with Crippen LogP contribution in [0.2, 0.25) is 0 Å². The van der Waals surface area contributed by atoms with E-state index in [0.717, 1.165) is 12.0 Å². The quantitative estimate of drug-likeness (QED) is 0.161. The molecular weight excluding hydrogens is 1660 g/mol. The van der Waals surface area contributed by atoms with Crippen LogP contribution in [0.25, 0.3) is 0 Å². The topological polar surface area (TPSA) is 26.3 Å². The van der Waals surface area contributed by atoms with Crippen LogP contribution in [0.15, 0.2) is 30.3 Å². The molecule has 0 aliphatic heterocycles. The smallest absolute Gasteiger partial charge is 0.306 e. The molecule has 344 valence electrons. The number of ether oxygens (including phenoxy) is 1. The lowest BCUT2D eigenvalue weighted by Crippen LogP contribution is -2.77. The third-order valence-electron chi connectivity index (χ3n) is 20.7.